The van der Waals surface area contributed by atoms with Gasteiger partial charge in [-0.2, -0.15) is 0 Å². The topological polar surface area (TPSA) is 79.6 Å². The van der Waals surface area contributed by atoms with E-state index in [0.29, 0.717) is 5.56 Å². The van der Waals surface area contributed by atoms with Crippen LogP contribution in [0.15, 0.2) is 12.3 Å². The number of hydrogen-bond acceptors (Lipinski definition) is 3. The van der Waals surface area contributed by atoms with Gasteiger partial charge < -0.3 is 14.6 Å². The molecular formula is C13H15FN2O4. The largest absolute Gasteiger partial charge is 0.479 e. The summed E-state index contributed by atoms with van der Waals surface area (Å²) in [6.45, 7) is 0.959. The number of aryl methyl sites for hydroxylation is 1. The summed E-state index contributed by atoms with van der Waals surface area (Å²) in [5.74, 6) is -2.20. The number of alkyl halides is 1. The molecule has 0 spiro atoms. The smallest absolute Gasteiger partial charge is 0.343 e. The first-order valence-electron chi connectivity index (χ1n) is 6.13. The maximum absolute atomic E-state index is 13.9. The van der Waals surface area contributed by atoms with E-state index in [1.165, 1.54) is 23.8 Å². The van der Waals surface area contributed by atoms with Crippen molar-refractivity contribution in [1.29, 1.82) is 0 Å². The summed E-state index contributed by atoms with van der Waals surface area (Å²) >= 11 is 0. The number of carboxylic acid groups (broad SMARTS) is 1. The number of ketones is 1. The molecule has 1 aliphatic rings. The van der Waals surface area contributed by atoms with Crippen molar-refractivity contribution in [3.8, 4) is 0 Å². The van der Waals surface area contributed by atoms with Gasteiger partial charge in [0.1, 0.15) is 5.69 Å². The van der Waals surface area contributed by atoms with E-state index in [1.54, 1.807) is 7.05 Å². The van der Waals surface area contributed by atoms with Crippen LogP contribution in [0.25, 0.3) is 0 Å². The number of aromatic nitrogens is 1. The normalized spacial score (nSPS) is 22.1. The molecule has 1 unspecified atom stereocenters. The number of carbonyl (C=O) groups is 3. The van der Waals surface area contributed by atoms with E-state index in [-0.39, 0.29) is 24.4 Å². The number of carbonyl (C=O) groups excluding carboxylic acids is 2. The number of amides is 1. The van der Waals surface area contributed by atoms with Crippen molar-refractivity contribution in [2.24, 2.45) is 7.05 Å². The SMILES string of the molecule is CC(=O)c1cc(C(=O)N2CCC(F)(C(=O)O)C2)n(C)c1. The molecule has 1 atom stereocenters. The molecule has 6 nitrogen and oxygen atoms in total. The lowest BCUT2D eigenvalue weighted by Crippen LogP contribution is -2.39. The second kappa shape index (κ2) is 4.73. The van der Waals surface area contributed by atoms with E-state index >= 15 is 0 Å². The van der Waals surface area contributed by atoms with Crippen molar-refractivity contribution in [2.45, 2.75) is 19.0 Å². The van der Waals surface area contributed by atoms with Gasteiger partial charge in [-0.1, -0.05) is 0 Å². The molecule has 0 aromatic carbocycles. The predicted octanol–water partition coefficient (Wildman–Crippen LogP) is 0.866. The standard InChI is InChI=1S/C13H15FN2O4/c1-8(17)9-5-10(15(2)6-9)11(18)16-4-3-13(14,7-16)12(19)20/h5-6H,3-4,7H2,1-2H3,(H,19,20). The first-order valence-corrected chi connectivity index (χ1v) is 6.13. The number of aliphatic carboxylic acids is 1. The first-order chi connectivity index (χ1) is 9.24. The van der Waals surface area contributed by atoms with Gasteiger partial charge in [-0.05, 0) is 13.0 Å². The third-order valence-electron chi connectivity index (χ3n) is 3.52. The van der Waals surface area contributed by atoms with Gasteiger partial charge in [0.15, 0.2) is 5.78 Å². The summed E-state index contributed by atoms with van der Waals surface area (Å²) in [6, 6.07) is 1.43. The van der Waals surface area contributed by atoms with Crippen LogP contribution in [0.2, 0.25) is 0 Å². The summed E-state index contributed by atoms with van der Waals surface area (Å²) in [4.78, 5) is 35.5. The van der Waals surface area contributed by atoms with Crippen LogP contribution < -0.4 is 0 Å². The second-order valence-electron chi connectivity index (χ2n) is 5.03. The molecule has 0 radical (unpaired) electrons. The minimum Gasteiger partial charge on any atom is -0.479 e. The van der Waals surface area contributed by atoms with Crippen LogP contribution >= 0.6 is 0 Å². The molecule has 1 aromatic heterocycles. The van der Waals surface area contributed by atoms with E-state index < -0.39 is 24.1 Å². The number of halogens is 1. The molecule has 0 bridgehead atoms. The summed E-state index contributed by atoms with van der Waals surface area (Å²) in [5.41, 5.74) is -1.76. The Balaban J connectivity index is 2.21. The van der Waals surface area contributed by atoms with Crippen LogP contribution in [0.3, 0.4) is 0 Å². The zero-order valence-corrected chi connectivity index (χ0v) is 11.2. The Labute approximate surface area is 114 Å². The van der Waals surface area contributed by atoms with E-state index in [0.717, 1.165) is 4.90 Å². The molecule has 1 fully saturated rings. The summed E-state index contributed by atoms with van der Waals surface area (Å²) in [7, 11) is 1.61. The van der Waals surface area contributed by atoms with Gasteiger partial charge in [0.2, 0.25) is 5.67 Å². The Morgan fingerprint density at radius 3 is 2.50 bits per heavy atom. The predicted molar refractivity (Wildman–Crippen MR) is 67.4 cm³/mol. The molecule has 1 saturated heterocycles. The van der Waals surface area contributed by atoms with E-state index in [2.05, 4.69) is 0 Å². The highest BCUT2D eigenvalue weighted by molar-refractivity contribution is 5.99. The summed E-state index contributed by atoms with van der Waals surface area (Å²) < 4.78 is 15.4. The molecule has 20 heavy (non-hydrogen) atoms. The third kappa shape index (κ3) is 2.31. The van der Waals surface area contributed by atoms with Crippen LogP contribution in [0.1, 0.15) is 34.2 Å². The maximum atomic E-state index is 13.9. The first kappa shape index (κ1) is 14.2. The Morgan fingerprint density at radius 2 is 2.05 bits per heavy atom. The Kier molecular flexibility index (Phi) is 3.37. The lowest BCUT2D eigenvalue weighted by atomic mass is 10.1. The number of likely N-dealkylation sites (tertiary alicyclic amines) is 1. The van der Waals surface area contributed by atoms with Crippen LogP contribution in [0.5, 0.6) is 0 Å². The van der Waals surface area contributed by atoms with Gasteiger partial charge in [-0.15, -0.1) is 0 Å². The minimum absolute atomic E-state index is 0.0439. The van der Waals surface area contributed by atoms with Gasteiger partial charge in [-0.3, -0.25) is 9.59 Å². The van der Waals surface area contributed by atoms with Crippen LogP contribution in [-0.2, 0) is 11.8 Å². The molecule has 108 valence electrons. The highest BCUT2D eigenvalue weighted by Crippen LogP contribution is 2.27. The van der Waals surface area contributed by atoms with Crippen LogP contribution in [0, 0.1) is 0 Å². The molecule has 2 heterocycles. The highest BCUT2D eigenvalue weighted by atomic mass is 19.1. The lowest BCUT2D eigenvalue weighted by Gasteiger charge is -2.17. The van der Waals surface area contributed by atoms with Gasteiger partial charge in [0.05, 0.1) is 6.54 Å². The van der Waals surface area contributed by atoms with Crippen molar-refractivity contribution in [2.75, 3.05) is 13.1 Å². The number of nitrogens with zero attached hydrogens (tertiary/aromatic N) is 2. The fourth-order valence-electron chi connectivity index (χ4n) is 2.25. The maximum Gasteiger partial charge on any atom is 0.343 e. The molecular weight excluding hydrogens is 267 g/mol. The van der Waals surface area contributed by atoms with Crippen molar-refractivity contribution >= 4 is 17.7 Å². The van der Waals surface area contributed by atoms with Gasteiger partial charge in [-0.25, -0.2) is 9.18 Å². The van der Waals surface area contributed by atoms with E-state index in [4.69, 9.17) is 5.11 Å². The van der Waals surface area contributed by atoms with Crippen molar-refractivity contribution < 1.29 is 23.9 Å². The number of hydrogen-bond donors (Lipinski definition) is 1. The quantitative estimate of drug-likeness (QED) is 0.834. The van der Waals surface area contributed by atoms with Crippen LogP contribution in [0.4, 0.5) is 4.39 Å². The molecule has 1 aromatic rings. The average Bonchev–Trinajstić information content (AvgIpc) is 2.93. The highest BCUT2D eigenvalue weighted by Gasteiger charge is 2.47. The summed E-state index contributed by atoms with van der Waals surface area (Å²) in [5, 5.41) is 8.81. The van der Waals surface area contributed by atoms with Crippen molar-refractivity contribution in [3.63, 3.8) is 0 Å². The van der Waals surface area contributed by atoms with Gasteiger partial charge >= 0.3 is 5.97 Å². The Hall–Kier alpha value is -2.18. The summed E-state index contributed by atoms with van der Waals surface area (Å²) in [6.07, 6.45) is 1.30. The van der Waals surface area contributed by atoms with E-state index in [9.17, 15) is 18.8 Å². The Bertz CT molecular complexity index is 595. The minimum atomic E-state index is -2.38. The lowest BCUT2D eigenvalue weighted by molar-refractivity contribution is -0.149. The molecule has 1 amide bonds. The molecule has 1 N–H and O–H groups in total. The van der Waals surface area contributed by atoms with Gasteiger partial charge in [0, 0.05) is 31.8 Å². The van der Waals surface area contributed by atoms with Crippen molar-refractivity contribution in [1.82, 2.24) is 9.47 Å². The molecule has 1 aliphatic heterocycles. The Morgan fingerprint density at radius 1 is 1.40 bits per heavy atom. The number of carboxylic acids is 1. The average molecular weight is 282 g/mol. The molecule has 7 heteroatoms. The van der Waals surface area contributed by atoms with E-state index in [1.807, 2.05) is 0 Å². The number of rotatable bonds is 3. The monoisotopic (exact) mass is 282 g/mol. The van der Waals surface area contributed by atoms with Gasteiger partial charge in [0.25, 0.3) is 5.91 Å². The molecule has 0 aliphatic carbocycles. The third-order valence-corrected chi connectivity index (χ3v) is 3.52. The molecule has 2 rings (SSSR count). The van der Waals surface area contributed by atoms with Crippen molar-refractivity contribution in [3.05, 3.63) is 23.5 Å². The fraction of sp³-hybridized carbons (Fsp3) is 0.462. The zero-order valence-electron chi connectivity index (χ0n) is 11.2. The molecule has 0 saturated carbocycles. The number of Topliss-reactive ketones (excluding diaryl/α,β-unsaturated/α-hetero) is 1. The van der Waals surface area contributed by atoms with Crippen LogP contribution in [-0.4, -0.2) is 51.0 Å². The second-order valence-corrected chi connectivity index (χ2v) is 5.03. The zero-order chi connectivity index (χ0) is 15.1. The fourth-order valence-corrected chi connectivity index (χ4v) is 2.25.